The molecular weight excluding hydrogens is 389 g/mol. The number of carbonyl (C=O) groups excluding carboxylic acids is 1. The monoisotopic (exact) mass is 405 g/mol. The molecule has 1 amide bonds. The van der Waals surface area contributed by atoms with Gasteiger partial charge in [0, 0.05) is 20.3 Å². The lowest BCUT2D eigenvalue weighted by atomic mass is 10.3. The number of aryl methyl sites for hydroxylation is 1. The Morgan fingerprint density at radius 2 is 2.20 bits per heavy atom. The van der Waals surface area contributed by atoms with Gasteiger partial charge in [-0.3, -0.25) is 9.36 Å². The summed E-state index contributed by atoms with van der Waals surface area (Å²) in [5.74, 6) is -0.0254. The van der Waals surface area contributed by atoms with E-state index in [9.17, 15) is 9.59 Å². The maximum absolute atomic E-state index is 12.1. The molecule has 0 atom stereocenters. The largest absolute Gasteiger partial charge is 0.385 e. The minimum atomic E-state index is -0.322. The second kappa shape index (κ2) is 9.23. The number of pyridine rings is 1. The molecule has 136 valence electrons. The van der Waals surface area contributed by atoms with Gasteiger partial charge in [-0.15, -0.1) is 5.10 Å². The SMILES string of the molecule is COCCCn1c(SCC(=O)Nc2nc(C)c(Cl)cc2Cl)n[nH]c1=O. The molecule has 0 bridgehead atoms. The van der Waals surface area contributed by atoms with E-state index in [0.29, 0.717) is 35.4 Å². The van der Waals surface area contributed by atoms with Crippen molar-refractivity contribution in [2.45, 2.75) is 25.0 Å². The minimum absolute atomic E-state index is 0.0499. The zero-order valence-corrected chi connectivity index (χ0v) is 16.0. The van der Waals surface area contributed by atoms with E-state index in [1.54, 1.807) is 14.0 Å². The molecular formula is C14H17Cl2N5O3S. The quantitative estimate of drug-likeness (QED) is 0.516. The van der Waals surface area contributed by atoms with E-state index in [4.69, 9.17) is 27.9 Å². The van der Waals surface area contributed by atoms with Crippen molar-refractivity contribution in [3.63, 3.8) is 0 Å². The van der Waals surface area contributed by atoms with Gasteiger partial charge in [0.15, 0.2) is 11.0 Å². The number of anilines is 1. The normalized spacial score (nSPS) is 10.9. The van der Waals surface area contributed by atoms with Gasteiger partial charge >= 0.3 is 5.69 Å². The van der Waals surface area contributed by atoms with Crippen LogP contribution in [0.4, 0.5) is 5.82 Å². The van der Waals surface area contributed by atoms with E-state index in [0.717, 1.165) is 11.8 Å². The third kappa shape index (κ3) is 5.46. The third-order valence-corrected chi connectivity index (χ3v) is 4.80. The van der Waals surface area contributed by atoms with Gasteiger partial charge in [-0.05, 0) is 19.4 Å². The number of ether oxygens (including phenoxy) is 1. The molecule has 0 aliphatic heterocycles. The van der Waals surface area contributed by atoms with Crippen LogP contribution in [0.5, 0.6) is 0 Å². The Labute approximate surface area is 158 Å². The zero-order chi connectivity index (χ0) is 18.4. The number of aromatic nitrogens is 4. The average molecular weight is 406 g/mol. The van der Waals surface area contributed by atoms with Gasteiger partial charge in [-0.1, -0.05) is 35.0 Å². The number of halogens is 2. The topological polar surface area (TPSA) is 102 Å². The molecule has 0 saturated heterocycles. The summed E-state index contributed by atoms with van der Waals surface area (Å²) < 4.78 is 6.43. The fraction of sp³-hybridized carbons (Fsp3) is 0.429. The summed E-state index contributed by atoms with van der Waals surface area (Å²) in [4.78, 5) is 28.0. The van der Waals surface area contributed by atoms with Gasteiger partial charge in [-0.25, -0.2) is 14.9 Å². The van der Waals surface area contributed by atoms with Gasteiger partial charge in [-0.2, -0.15) is 0 Å². The zero-order valence-electron chi connectivity index (χ0n) is 13.6. The molecule has 0 aromatic carbocycles. The van der Waals surface area contributed by atoms with E-state index < -0.39 is 0 Å². The molecule has 25 heavy (non-hydrogen) atoms. The molecule has 2 aromatic heterocycles. The summed E-state index contributed by atoms with van der Waals surface area (Å²) in [5, 5.41) is 10.0. The molecule has 2 rings (SSSR count). The Bertz CT molecular complexity index is 808. The van der Waals surface area contributed by atoms with Crippen molar-refractivity contribution < 1.29 is 9.53 Å². The number of nitrogens with zero attached hydrogens (tertiary/aromatic N) is 3. The van der Waals surface area contributed by atoms with Crippen molar-refractivity contribution in [2.24, 2.45) is 0 Å². The Balaban J connectivity index is 1.97. The number of hydrogen-bond acceptors (Lipinski definition) is 6. The lowest BCUT2D eigenvalue weighted by Crippen LogP contribution is -2.20. The maximum Gasteiger partial charge on any atom is 0.343 e. The molecule has 0 unspecified atom stereocenters. The third-order valence-electron chi connectivity index (χ3n) is 3.15. The van der Waals surface area contributed by atoms with E-state index in [-0.39, 0.29) is 28.2 Å². The second-order valence-corrected chi connectivity index (χ2v) is 6.79. The molecule has 2 N–H and O–H groups in total. The number of amides is 1. The predicted octanol–water partition coefficient (Wildman–Crippen LogP) is 2.35. The van der Waals surface area contributed by atoms with Crippen LogP contribution in [0.1, 0.15) is 12.1 Å². The first kappa shape index (κ1) is 19.8. The Morgan fingerprint density at radius 1 is 1.44 bits per heavy atom. The van der Waals surface area contributed by atoms with Crippen LogP contribution in [-0.2, 0) is 16.1 Å². The molecule has 0 aliphatic carbocycles. The van der Waals surface area contributed by atoms with Crippen LogP contribution in [0, 0.1) is 6.92 Å². The highest BCUT2D eigenvalue weighted by atomic mass is 35.5. The molecule has 0 radical (unpaired) electrons. The highest BCUT2D eigenvalue weighted by molar-refractivity contribution is 7.99. The van der Waals surface area contributed by atoms with Crippen molar-refractivity contribution in [3.05, 3.63) is 32.3 Å². The van der Waals surface area contributed by atoms with Crippen LogP contribution in [0.25, 0.3) is 0 Å². The van der Waals surface area contributed by atoms with Crippen molar-refractivity contribution >= 4 is 46.7 Å². The number of nitrogens with one attached hydrogen (secondary N) is 2. The van der Waals surface area contributed by atoms with Crippen LogP contribution >= 0.6 is 35.0 Å². The highest BCUT2D eigenvalue weighted by Crippen LogP contribution is 2.25. The first-order chi connectivity index (χ1) is 11.9. The average Bonchev–Trinajstić information content (AvgIpc) is 2.91. The van der Waals surface area contributed by atoms with Gasteiger partial charge in [0.05, 0.1) is 21.5 Å². The van der Waals surface area contributed by atoms with Gasteiger partial charge in [0.2, 0.25) is 5.91 Å². The molecule has 0 aliphatic rings. The summed E-state index contributed by atoms with van der Waals surface area (Å²) >= 11 is 13.1. The number of thioether (sulfide) groups is 1. The van der Waals surface area contributed by atoms with Crippen molar-refractivity contribution in [1.29, 1.82) is 0 Å². The lowest BCUT2D eigenvalue weighted by Gasteiger charge is -2.08. The van der Waals surface area contributed by atoms with E-state index in [1.807, 2.05) is 0 Å². The molecule has 11 heteroatoms. The van der Waals surface area contributed by atoms with Crippen molar-refractivity contribution in [3.8, 4) is 0 Å². The second-order valence-electron chi connectivity index (χ2n) is 5.03. The van der Waals surface area contributed by atoms with E-state index in [1.165, 1.54) is 10.6 Å². The summed E-state index contributed by atoms with van der Waals surface area (Å²) in [5.41, 5.74) is 0.241. The number of methoxy groups -OCH3 is 1. The Hall–Kier alpha value is -1.55. The summed E-state index contributed by atoms with van der Waals surface area (Å²) in [6.45, 7) is 2.70. The van der Waals surface area contributed by atoms with Crippen LogP contribution < -0.4 is 11.0 Å². The van der Waals surface area contributed by atoms with Gasteiger partial charge < -0.3 is 10.1 Å². The van der Waals surface area contributed by atoms with E-state index >= 15 is 0 Å². The first-order valence-electron chi connectivity index (χ1n) is 7.31. The fourth-order valence-corrected chi connectivity index (χ4v) is 3.10. The van der Waals surface area contributed by atoms with E-state index in [2.05, 4.69) is 20.5 Å². The van der Waals surface area contributed by atoms with Gasteiger partial charge in [0.25, 0.3) is 0 Å². The number of hydrogen-bond donors (Lipinski definition) is 2. The van der Waals surface area contributed by atoms with Crippen molar-refractivity contribution in [2.75, 3.05) is 24.8 Å². The summed E-state index contributed by atoms with van der Waals surface area (Å²) in [6.07, 6.45) is 0.666. The highest BCUT2D eigenvalue weighted by Gasteiger charge is 2.14. The lowest BCUT2D eigenvalue weighted by molar-refractivity contribution is -0.113. The molecule has 0 saturated carbocycles. The van der Waals surface area contributed by atoms with Crippen LogP contribution in [0.2, 0.25) is 10.0 Å². The number of carbonyl (C=O) groups is 1. The van der Waals surface area contributed by atoms with Crippen LogP contribution in [0.3, 0.4) is 0 Å². The maximum atomic E-state index is 12.1. The standard InChI is InChI=1S/C14H17Cl2N5O3S/c1-8-9(15)6-10(16)12(17-8)18-11(22)7-25-14-20-19-13(23)21(14)4-3-5-24-2/h6H,3-5,7H2,1-2H3,(H,19,23)(H,17,18,22). The molecule has 2 aromatic rings. The summed E-state index contributed by atoms with van der Waals surface area (Å²) in [7, 11) is 1.59. The minimum Gasteiger partial charge on any atom is -0.385 e. The smallest absolute Gasteiger partial charge is 0.343 e. The van der Waals surface area contributed by atoms with Crippen LogP contribution in [0.15, 0.2) is 16.0 Å². The molecule has 2 heterocycles. The fourth-order valence-electron chi connectivity index (χ4n) is 1.92. The summed E-state index contributed by atoms with van der Waals surface area (Å²) in [6, 6.07) is 1.52. The van der Waals surface area contributed by atoms with Gasteiger partial charge in [0.1, 0.15) is 0 Å². The Kier molecular flexibility index (Phi) is 7.30. The first-order valence-corrected chi connectivity index (χ1v) is 9.06. The Morgan fingerprint density at radius 3 is 2.92 bits per heavy atom. The molecule has 8 nitrogen and oxygen atoms in total. The predicted molar refractivity (Wildman–Crippen MR) is 97.7 cm³/mol. The number of aromatic amines is 1. The number of H-pyrrole nitrogens is 1. The molecule has 0 spiro atoms. The molecule has 0 fully saturated rings. The number of rotatable bonds is 8. The van der Waals surface area contributed by atoms with Crippen LogP contribution in [-0.4, -0.2) is 45.1 Å². The van der Waals surface area contributed by atoms with Crippen molar-refractivity contribution in [1.82, 2.24) is 19.7 Å².